The maximum Gasteiger partial charge on any atom is 0.253 e. The average Bonchev–Trinajstić information content (AvgIpc) is 2.53. The fourth-order valence-corrected chi connectivity index (χ4v) is 1.89. The Morgan fingerprint density at radius 2 is 1.86 bits per heavy atom. The Morgan fingerprint density at radius 3 is 2.50 bits per heavy atom. The minimum absolute atomic E-state index is 0. The molecule has 0 unspecified atom stereocenters. The Bertz CT molecular complexity index is 581. The first kappa shape index (κ1) is 20.3. The standard InChI is InChI=1S/C15H18N4O.2ClH/c1-19(9-5-12-2-6-17-7-3-12)15(20)13-4-8-18-14(10-13)11-16;;/h2-4,6-8,10H,5,9,11,16H2,1H3;2*1H. The van der Waals surface area contributed by atoms with Crippen molar-refractivity contribution in [2.45, 2.75) is 13.0 Å². The third kappa shape index (κ3) is 5.60. The van der Waals surface area contributed by atoms with Crippen LogP contribution in [-0.4, -0.2) is 34.4 Å². The van der Waals surface area contributed by atoms with Gasteiger partial charge in [-0.05, 0) is 36.2 Å². The molecule has 0 aliphatic carbocycles. The summed E-state index contributed by atoms with van der Waals surface area (Å²) in [6.07, 6.45) is 5.94. The number of pyridine rings is 2. The summed E-state index contributed by atoms with van der Waals surface area (Å²) in [5, 5.41) is 0. The normalized spacial score (nSPS) is 9.36. The molecule has 0 fully saturated rings. The van der Waals surface area contributed by atoms with Crippen LogP contribution in [0.2, 0.25) is 0 Å². The molecule has 120 valence electrons. The first-order valence-corrected chi connectivity index (χ1v) is 6.50. The molecule has 2 aromatic rings. The number of hydrogen-bond acceptors (Lipinski definition) is 4. The van der Waals surface area contributed by atoms with Crippen molar-refractivity contribution in [3.05, 3.63) is 59.7 Å². The Morgan fingerprint density at radius 1 is 1.18 bits per heavy atom. The number of hydrogen-bond donors (Lipinski definition) is 1. The molecule has 2 rings (SSSR count). The number of halogens is 2. The van der Waals surface area contributed by atoms with Crippen LogP contribution in [0.3, 0.4) is 0 Å². The number of carbonyl (C=O) groups is 1. The number of nitrogens with two attached hydrogens (primary N) is 1. The molecule has 0 spiro atoms. The van der Waals surface area contributed by atoms with Gasteiger partial charge in [-0.1, -0.05) is 0 Å². The van der Waals surface area contributed by atoms with Gasteiger partial charge in [0.15, 0.2) is 0 Å². The SMILES string of the molecule is CN(CCc1ccncc1)C(=O)c1ccnc(CN)c1.Cl.Cl. The lowest BCUT2D eigenvalue weighted by molar-refractivity contribution is 0.0796. The Balaban J connectivity index is 0.00000220. The fourth-order valence-electron chi connectivity index (χ4n) is 1.89. The van der Waals surface area contributed by atoms with Crippen LogP contribution in [0, 0.1) is 0 Å². The third-order valence-corrected chi connectivity index (χ3v) is 3.10. The highest BCUT2D eigenvalue weighted by atomic mass is 35.5. The topological polar surface area (TPSA) is 72.1 Å². The van der Waals surface area contributed by atoms with E-state index in [2.05, 4.69) is 9.97 Å². The molecule has 2 N–H and O–H groups in total. The molecule has 0 aliphatic rings. The Hall–Kier alpha value is -1.69. The quantitative estimate of drug-likeness (QED) is 0.902. The largest absolute Gasteiger partial charge is 0.341 e. The lowest BCUT2D eigenvalue weighted by atomic mass is 10.1. The van der Waals surface area contributed by atoms with E-state index in [4.69, 9.17) is 5.73 Å². The number of nitrogens with zero attached hydrogens (tertiary/aromatic N) is 3. The number of rotatable bonds is 5. The van der Waals surface area contributed by atoms with Crippen molar-refractivity contribution in [3.8, 4) is 0 Å². The summed E-state index contributed by atoms with van der Waals surface area (Å²) < 4.78 is 0. The van der Waals surface area contributed by atoms with E-state index in [1.54, 1.807) is 42.7 Å². The maximum absolute atomic E-state index is 12.3. The van der Waals surface area contributed by atoms with Gasteiger partial charge < -0.3 is 10.6 Å². The number of amides is 1. The van der Waals surface area contributed by atoms with Crippen LogP contribution in [0.5, 0.6) is 0 Å². The summed E-state index contributed by atoms with van der Waals surface area (Å²) in [5.74, 6) is -0.0174. The van der Waals surface area contributed by atoms with Crippen LogP contribution < -0.4 is 5.73 Å². The van der Waals surface area contributed by atoms with Gasteiger partial charge in [0, 0.05) is 44.3 Å². The van der Waals surface area contributed by atoms with Crippen molar-refractivity contribution in [1.29, 1.82) is 0 Å². The fraction of sp³-hybridized carbons (Fsp3) is 0.267. The molecule has 0 radical (unpaired) electrons. The zero-order valence-electron chi connectivity index (χ0n) is 12.3. The summed E-state index contributed by atoms with van der Waals surface area (Å²) in [6.45, 7) is 0.991. The van der Waals surface area contributed by atoms with Gasteiger partial charge in [-0.25, -0.2) is 0 Å². The summed E-state index contributed by atoms with van der Waals surface area (Å²) in [5.41, 5.74) is 8.04. The summed E-state index contributed by atoms with van der Waals surface area (Å²) >= 11 is 0. The maximum atomic E-state index is 12.3. The van der Waals surface area contributed by atoms with Crippen molar-refractivity contribution >= 4 is 30.7 Å². The molecule has 2 aromatic heterocycles. The molecule has 22 heavy (non-hydrogen) atoms. The van der Waals surface area contributed by atoms with Gasteiger partial charge in [0.1, 0.15) is 0 Å². The first-order chi connectivity index (χ1) is 9.70. The average molecular weight is 343 g/mol. The van der Waals surface area contributed by atoms with Gasteiger partial charge in [0.25, 0.3) is 5.91 Å². The second-order valence-electron chi connectivity index (χ2n) is 4.57. The van der Waals surface area contributed by atoms with Gasteiger partial charge in [-0.3, -0.25) is 14.8 Å². The van der Waals surface area contributed by atoms with Crippen LogP contribution in [0.15, 0.2) is 42.9 Å². The van der Waals surface area contributed by atoms with Crippen LogP contribution in [0.25, 0.3) is 0 Å². The molecule has 2 heterocycles. The molecule has 1 amide bonds. The molecular formula is C15H20Cl2N4O. The number of carbonyl (C=O) groups excluding carboxylic acids is 1. The zero-order valence-corrected chi connectivity index (χ0v) is 13.9. The molecule has 0 saturated heterocycles. The van der Waals surface area contributed by atoms with Crippen LogP contribution in [-0.2, 0) is 13.0 Å². The Kier molecular flexibility index (Phi) is 9.33. The molecule has 7 heteroatoms. The highest BCUT2D eigenvalue weighted by Gasteiger charge is 2.12. The highest BCUT2D eigenvalue weighted by molar-refractivity contribution is 5.94. The van der Waals surface area contributed by atoms with E-state index in [0.29, 0.717) is 18.7 Å². The van der Waals surface area contributed by atoms with Gasteiger partial charge >= 0.3 is 0 Å². The van der Waals surface area contributed by atoms with E-state index in [9.17, 15) is 4.79 Å². The smallest absolute Gasteiger partial charge is 0.253 e. The number of aromatic nitrogens is 2. The molecule has 0 bridgehead atoms. The van der Waals surface area contributed by atoms with Gasteiger partial charge in [0.05, 0.1) is 5.69 Å². The predicted molar refractivity (Wildman–Crippen MR) is 91.5 cm³/mol. The molecule has 5 nitrogen and oxygen atoms in total. The van der Waals surface area contributed by atoms with Gasteiger partial charge in [-0.2, -0.15) is 0 Å². The molecule has 0 atom stereocenters. The minimum Gasteiger partial charge on any atom is -0.341 e. The third-order valence-electron chi connectivity index (χ3n) is 3.10. The highest BCUT2D eigenvalue weighted by Crippen LogP contribution is 2.06. The van der Waals surface area contributed by atoms with E-state index in [-0.39, 0.29) is 30.7 Å². The first-order valence-electron chi connectivity index (χ1n) is 6.50. The minimum atomic E-state index is -0.0174. The lowest BCUT2D eigenvalue weighted by Gasteiger charge is -2.17. The van der Waals surface area contributed by atoms with E-state index in [1.807, 2.05) is 12.1 Å². The second-order valence-corrected chi connectivity index (χ2v) is 4.57. The monoisotopic (exact) mass is 342 g/mol. The second kappa shape index (κ2) is 10.1. The van der Waals surface area contributed by atoms with Crippen molar-refractivity contribution in [1.82, 2.24) is 14.9 Å². The van der Waals surface area contributed by atoms with Crippen molar-refractivity contribution in [2.24, 2.45) is 5.73 Å². The molecule has 0 saturated carbocycles. The molecular weight excluding hydrogens is 323 g/mol. The van der Waals surface area contributed by atoms with Crippen molar-refractivity contribution in [3.63, 3.8) is 0 Å². The zero-order chi connectivity index (χ0) is 14.4. The molecule has 0 aliphatic heterocycles. The van der Waals surface area contributed by atoms with Crippen LogP contribution in [0.4, 0.5) is 0 Å². The Labute approximate surface area is 142 Å². The van der Waals surface area contributed by atoms with E-state index in [0.717, 1.165) is 17.7 Å². The summed E-state index contributed by atoms with van der Waals surface area (Å²) in [7, 11) is 1.80. The van der Waals surface area contributed by atoms with Crippen molar-refractivity contribution < 1.29 is 4.79 Å². The predicted octanol–water partition coefficient (Wildman–Crippen LogP) is 2.09. The van der Waals surface area contributed by atoms with E-state index >= 15 is 0 Å². The number of likely N-dealkylation sites (N-methyl/N-ethyl adjacent to an activating group) is 1. The van der Waals surface area contributed by atoms with Crippen LogP contribution in [0.1, 0.15) is 21.6 Å². The van der Waals surface area contributed by atoms with Crippen molar-refractivity contribution in [2.75, 3.05) is 13.6 Å². The molecule has 0 aromatic carbocycles. The van der Waals surface area contributed by atoms with Crippen LogP contribution >= 0.6 is 24.8 Å². The summed E-state index contributed by atoms with van der Waals surface area (Å²) in [4.78, 5) is 22.0. The van der Waals surface area contributed by atoms with Gasteiger partial charge in [0.2, 0.25) is 0 Å². The lowest BCUT2D eigenvalue weighted by Crippen LogP contribution is -2.29. The summed E-state index contributed by atoms with van der Waals surface area (Å²) in [6, 6.07) is 7.37. The van der Waals surface area contributed by atoms with E-state index in [1.165, 1.54) is 0 Å². The van der Waals surface area contributed by atoms with Gasteiger partial charge in [-0.15, -0.1) is 24.8 Å². The van der Waals surface area contributed by atoms with E-state index < -0.39 is 0 Å².